The molecule has 0 saturated heterocycles. The lowest BCUT2D eigenvalue weighted by Gasteiger charge is -2.26. The van der Waals surface area contributed by atoms with Crippen LogP contribution >= 0.6 is 11.6 Å². The average molecular weight is 490 g/mol. The quantitative estimate of drug-likeness (QED) is 0.415. The lowest BCUT2D eigenvalue weighted by atomic mass is 10.0. The van der Waals surface area contributed by atoms with Crippen molar-refractivity contribution in [3.8, 4) is 17.3 Å². The molecule has 4 aromatic rings. The molecule has 178 valence electrons. The van der Waals surface area contributed by atoms with Crippen LogP contribution in [0.5, 0.6) is 5.88 Å². The number of aromatic nitrogens is 4. The molecule has 8 nitrogen and oxygen atoms in total. The largest absolute Gasteiger partial charge is 0.480 e. The summed E-state index contributed by atoms with van der Waals surface area (Å²) >= 11 is 6.17. The predicted octanol–water partition coefficient (Wildman–Crippen LogP) is 4.38. The van der Waals surface area contributed by atoms with Gasteiger partial charge in [-0.2, -0.15) is 0 Å². The van der Waals surface area contributed by atoms with Crippen molar-refractivity contribution in [3.63, 3.8) is 0 Å². The number of pyridine rings is 2. The Labute approximate surface area is 207 Å². The Balaban J connectivity index is 1.76. The van der Waals surface area contributed by atoms with E-state index in [0.29, 0.717) is 51.5 Å². The molecule has 1 atom stereocenters. The molecule has 0 spiro atoms. The van der Waals surface area contributed by atoms with Gasteiger partial charge in [-0.05, 0) is 49.7 Å². The van der Waals surface area contributed by atoms with Crippen molar-refractivity contribution in [2.75, 3.05) is 12.0 Å². The van der Waals surface area contributed by atoms with Gasteiger partial charge >= 0.3 is 0 Å². The highest BCUT2D eigenvalue weighted by Crippen LogP contribution is 2.43. The van der Waals surface area contributed by atoms with Crippen molar-refractivity contribution in [2.45, 2.75) is 26.4 Å². The molecular formula is C26H24ClN5O3. The Morgan fingerprint density at radius 2 is 1.89 bits per heavy atom. The highest BCUT2D eigenvalue weighted by Gasteiger charge is 2.44. The summed E-state index contributed by atoms with van der Waals surface area (Å²) in [6.07, 6.45) is 3.34. The zero-order valence-corrected chi connectivity index (χ0v) is 20.6. The number of carbonyl (C=O) groups excluding carboxylic acids is 1. The number of hydrogen-bond acceptors (Lipinski definition) is 5. The molecule has 1 aliphatic rings. The van der Waals surface area contributed by atoms with E-state index in [1.54, 1.807) is 56.6 Å². The number of aryl methyl sites for hydroxylation is 2. The van der Waals surface area contributed by atoms with Crippen LogP contribution in [-0.4, -0.2) is 32.1 Å². The van der Waals surface area contributed by atoms with E-state index in [1.165, 1.54) is 4.57 Å². The van der Waals surface area contributed by atoms with E-state index in [4.69, 9.17) is 21.3 Å². The van der Waals surface area contributed by atoms with Crippen molar-refractivity contribution in [3.05, 3.63) is 92.7 Å². The van der Waals surface area contributed by atoms with Crippen LogP contribution in [-0.2, 0) is 13.6 Å². The van der Waals surface area contributed by atoms with Crippen molar-refractivity contribution in [2.24, 2.45) is 7.05 Å². The maximum Gasteiger partial charge on any atom is 0.277 e. The second-order valence-corrected chi connectivity index (χ2v) is 8.84. The molecule has 35 heavy (non-hydrogen) atoms. The molecule has 1 amide bonds. The fraction of sp³-hybridized carbons (Fsp3) is 0.231. The fourth-order valence-electron chi connectivity index (χ4n) is 4.68. The summed E-state index contributed by atoms with van der Waals surface area (Å²) in [7, 11) is 3.24. The Morgan fingerprint density at radius 3 is 2.54 bits per heavy atom. The molecule has 5 rings (SSSR count). The summed E-state index contributed by atoms with van der Waals surface area (Å²) in [5.74, 6) is 0.861. The number of benzene rings is 1. The zero-order valence-electron chi connectivity index (χ0n) is 19.8. The molecule has 0 fully saturated rings. The number of carbonyl (C=O) groups is 1. The van der Waals surface area contributed by atoms with Gasteiger partial charge in [0.05, 0.1) is 24.1 Å². The van der Waals surface area contributed by atoms with Crippen molar-refractivity contribution >= 4 is 23.2 Å². The SMILES string of the molecule is CCn1c(-c2cccnc2OC)nc2c1C(=O)N(c1cc(C)c(=O)n(C)c1)[C@H]2c1ccc(Cl)cc1. The molecule has 0 radical (unpaired) electrons. The van der Waals surface area contributed by atoms with Gasteiger partial charge in [-0.25, -0.2) is 9.97 Å². The number of imidazole rings is 1. The molecule has 0 unspecified atom stereocenters. The van der Waals surface area contributed by atoms with E-state index in [1.807, 2.05) is 35.8 Å². The number of methoxy groups -OCH3 is 1. The van der Waals surface area contributed by atoms with Crippen molar-refractivity contribution < 1.29 is 9.53 Å². The normalized spacial score (nSPS) is 14.9. The van der Waals surface area contributed by atoms with Crippen LogP contribution in [0, 0.1) is 6.92 Å². The smallest absolute Gasteiger partial charge is 0.277 e. The first-order valence-corrected chi connectivity index (χ1v) is 11.6. The third-order valence-corrected chi connectivity index (χ3v) is 6.52. The molecule has 0 N–H and O–H groups in total. The molecule has 0 aliphatic carbocycles. The summed E-state index contributed by atoms with van der Waals surface area (Å²) in [6.45, 7) is 4.24. The monoisotopic (exact) mass is 489 g/mol. The van der Waals surface area contributed by atoms with Gasteiger partial charge in [0.1, 0.15) is 17.6 Å². The van der Waals surface area contributed by atoms with Crippen LogP contribution in [0.2, 0.25) is 5.02 Å². The van der Waals surface area contributed by atoms with Crippen LogP contribution in [0.4, 0.5) is 5.69 Å². The van der Waals surface area contributed by atoms with Gasteiger partial charge in [0.15, 0.2) is 0 Å². The topological polar surface area (TPSA) is 82.2 Å². The van der Waals surface area contributed by atoms with E-state index in [9.17, 15) is 9.59 Å². The first kappa shape index (κ1) is 22.9. The summed E-state index contributed by atoms with van der Waals surface area (Å²) < 4.78 is 8.86. The number of hydrogen-bond donors (Lipinski definition) is 0. The number of nitrogens with zero attached hydrogens (tertiary/aromatic N) is 5. The highest BCUT2D eigenvalue weighted by molar-refractivity contribution is 6.30. The molecule has 0 bridgehead atoms. The maximum absolute atomic E-state index is 14.0. The average Bonchev–Trinajstić information content (AvgIpc) is 3.37. The van der Waals surface area contributed by atoms with Gasteiger partial charge in [0, 0.05) is 36.6 Å². The number of amides is 1. The van der Waals surface area contributed by atoms with E-state index < -0.39 is 6.04 Å². The van der Waals surface area contributed by atoms with Crippen molar-refractivity contribution in [1.82, 2.24) is 19.1 Å². The van der Waals surface area contributed by atoms with Crippen LogP contribution in [0.1, 0.15) is 40.3 Å². The van der Waals surface area contributed by atoms with E-state index >= 15 is 0 Å². The second-order valence-electron chi connectivity index (χ2n) is 8.40. The Kier molecular flexibility index (Phi) is 5.68. The summed E-state index contributed by atoms with van der Waals surface area (Å²) in [5.41, 5.74) is 3.76. The third-order valence-electron chi connectivity index (χ3n) is 6.27. The number of anilines is 1. The van der Waals surface area contributed by atoms with Gasteiger partial charge in [-0.3, -0.25) is 14.5 Å². The molecule has 1 aliphatic heterocycles. The van der Waals surface area contributed by atoms with Gasteiger partial charge in [-0.15, -0.1) is 0 Å². The first-order chi connectivity index (χ1) is 16.8. The molecular weight excluding hydrogens is 466 g/mol. The lowest BCUT2D eigenvalue weighted by molar-refractivity contribution is 0.0985. The van der Waals surface area contributed by atoms with Crippen LogP contribution in [0.3, 0.4) is 0 Å². The van der Waals surface area contributed by atoms with Gasteiger partial charge < -0.3 is 13.9 Å². The third kappa shape index (κ3) is 3.61. The minimum Gasteiger partial charge on any atom is -0.480 e. The van der Waals surface area contributed by atoms with Crippen LogP contribution in [0.25, 0.3) is 11.4 Å². The Hall–Kier alpha value is -3.91. The van der Waals surface area contributed by atoms with E-state index in [2.05, 4.69) is 4.98 Å². The second kappa shape index (κ2) is 8.70. The van der Waals surface area contributed by atoms with E-state index in [0.717, 1.165) is 5.56 Å². The number of fused-ring (bicyclic) bond motifs is 1. The van der Waals surface area contributed by atoms with E-state index in [-0.39, 0.29) is 11.5 Å². The van der Waals surface area contributed by atoms with Crippen LogP contribution in [0.15, 0.2) is 59.7 Å². The molecule has 9 heteroatoms. The fourth-order valence-corrected chi connectivity index (χ4v) is 4.81. The van der Waals surface area contributed by atoms with Gasteiger partial charge in [0.25, 0.3) is 11.5 Å². The zero-order chi connectivity index (χ0) is 24.9. The molecule has 4 heterocycles. The van der Waals surface area contributed by atoms with Crippen molar-refractivity contribution in [1.29, 1.82) is 0 Å². The summed E-state index contributed by atoms with van der Waals surface area (Å²) in [4.78, 5) is 37.4. The summed E-state index contributed by atoms with van der Waals surface area (Å²) in [6, 6.07) is 12.3. The first-order valence-electron chi connectivity index (χ1n) is 11.2. The summed E-state index contributed by atoms with van der Waals surface area (Å²) in [5, 5.41) is 0.600. The number of halogens is 1. The standard InChI is InChI=1S/C26H24ClN5O3/c1-5-31-22-20(29-23(31)19-7-6-12-28-24(19)35-4)21(16-8-10-17(27)11-9-16)32(26(22)34)18-13-15(2)25(33)30(3)14-18/h6-14,21H,5H2,1-4H3/t21-/m0/s1. The van der Waals surface area contributed by atoms with Crippen LogP contribution < -0.4 is 15.2 Å². The Morgan fingerprint density at radius 1 is 1.14 bits per heavy atom. The highest BCUT2D eigenvalue weighted by atomic mass is 35.5. The minimum atomic E-state index is -0.499. The maximum atomic E-state index is 14.0. The lowest BCUT2D eigenvalue weighted by Crippen LogP contribution is -2.32. The molecule has 0 saturated carbocycles. The number of rotatable bonds is 5. The van der Waals surface area contributed by atoms with Gasteiger partial charge in [-0.1, -0.05) is 23.7 Å². The number of ether oxygens (including phenoxy) is 1. The van der Waals surface area contributed by atoms with Gasteiger partial charge in [0.2, 0.25) is 5.88 Å². The molecule has 3 aromatic heterocycles. The Bertz CT molecular complexity index is 1480. The molecule has 1 aromatic carbocycles. The minimum absolute atomic E-state index is 0.108. The predicted molar refractivity (Wildman–Crippen MR) is 134 cm³/mol.